The molecule has 1 aliphatic heterocycles. The summed E-state index contributed by atoms with van der Waals surface area (Å²) in [6.45, 7) is 10.5. The Labute approximate surface area is 155 Å². The molecule has 2 aromatic carbocycles. The highest BCUT2D eigenvalue weighted by Crippen LogP contribution is 2.30. The van der Waals surface area contributed by atoms with E-state index >= 15 is 0 Å². The molecule has 2 aromatic rings. The van der Waals surface area contributed by atoms with Gasteiger partial charge in [-0.25, -0.2) is 4.79 Å². The van der Waals surface area contributed by atoms with Crippen molar-refractivity contribution < 1.29 is 9.59 Å². The smallest absolute Gasteiger partial charge is 0.319 e. The Morgan fingerprint density at radius 2 is 1.54 bits per heavy atom. The summed E-state index contributed by atoms with van der Waals surface area (Å²) in [5, 5.41) is 2.86. The molecule has 4 nitrogen and oxygen atoms in total. The molecular weight excluding hydrogens is 324 g/mol. The fourth-order valence-corrected chi connectivity index (χ4v) is 3.22. The number of hydrogen-bond donors (Lipinski definition) is 1. The van der Waals surface area contributed by atoms with E-state index in [-0.39, 0.29) is 23.9 Å². The van der Waals surface area contributed by atoms with Gasteiger partial charge in [-0.3, -0.25) is 9.69 Å². The van der Waals surface area contributed by atoms with Crippen molar-refractivity contribution in [2.24, 2.45) is 0 Å². The van der Waals surface area contributed by atoms with Crippen LogP contribution in [0.1, 0.15) is 49.9 Å². The summed E-state index contributed by atoms with van der Waals surface area (Å²) < 4.78 is 0. The van der Waals surface area contributed by atoms with E-state index in [0.29, 0.717) is 0 Å². The normalized spacial score (nSPS) is 20.4. The third-order valence-electron chi connectivity index (χ3n) is 5.06. The fraction of sp³-hybridized carbons (Fsp3) is 0.364. The maximum absolute atomic E-state index is 13.0. The average molecular weight is 350 g/mol. The van der Waals surface area contributed by atoms with Crippen LogP contribution in [0.3, 0.4) is 0 Å². The van der Waals surface area contributed by atoms with Crippen molar-refractivity contribution in [1.29, 1.82) is 0 Å². The minimum Gasteiger partial charge on any atom is -0.319 e. The zero-order chi connectivity index (χ0) is 19.1. The molecule has 1 aliphatic rings. The number of urea groups is 1. The number of benzene rings is 2. The molecule has 1 N–H and O–H groups in total. The minimum atomic E-state index is -1.02. The number of rotatable bonds is 3. The van der Waals surface area contributed by atoms with Crippen LogP contribution in [0.25, 0.3) is 0 Å². The van der Waals surface area contributed by atoms with Crippen molar-refractivity contribution in [2.45, 2.75) is 52.1 Å². The Morgan fingerprint density at radius 3 is 2.08 bits per heavy atom. The van der Waals surface area contributed by atoms with Crippen molar-refractivity contribution >= 4 is 11.9 Å². The third-order valence-corrected chi connectivity index (χ3v) is 5.06. The van der Waals surface area contributed by atoms with Crippen LogP contribution < -0.4 is 5.32 Å². The predicted molar refractivity (Wildman–Crippen MR) is 103 cm³/mol. The summed E-state index contributed by atoms with van der Waals surface area (Å²) in [6.07, 6.45) is 0. The van der Waals surface area contributed by atoms with Crippen molar-refractivity contribution in [1.82, 2.24) is 10.2 Å². The summed E-state index contributed by atoms with van der Waals surface area (Å²) in [5.74, 6) is -0.216. The number of imide groups is 1. The Bertz CT molecular complexity index is 832. The molecule has 0 spiro atoms. The average Bonchev–Trinajstić information content (AvgIpc) is 2.79. The molecule has 1 saturated heterocycles. The molecule has 3 amide bonds. The van der Waals surface area contributed by atoms with E-state index in [4.69, 9.17) is 0 Å². The first-order chi connectivity index (χ1) is 12.1. The summed E-state index contributed by atoms with van der Waals surface area (Å²) >= 11 is 0. The maximum atomic E-state index is 13.0. The van der Waals surface area contributed by atoms with E-state index in [1.807, 2.05) is 43.3 Å². The fourth-order valence-electron chi connectivity index (χ4n) is 3.22. The number of amides is 3. The van der Waals surface area contributed by atoms with E-state index in [2.05, 4.69) is 38.2 Å². The highest BCUT2D eigenvalue weighted by atomic mass is 16.2. The Balaban J connectivity index is 1.82. The second-order valence-corrected chi connectivity index (χ2v) is 8.26. The van der Waals surface area contributed by atoms with Gasteiger partial charge in [0.2, 0.25) is 0 Å². The number of carbonyl (C=O) groups is 2. The zero-order valence-electron chi connectivity index (χ0n) is 16.1. The summed E-state index contributed by atoms with van der Waals surface area (Å²) in [7, 11) is 0. The molecule has 1 heterocycles. The molecule has 0 radical (unpaired) electrons. The van der Waals surface area contributed by atoms with Crippen LogP contribution in [0.5, 0.6) is 0 Å². The standard InChI is InChI=1S/C22H26N2O2/c1-15-6-10-18(11-7-15)22(5)19(25)24(20(26)23-22)14-16-8-12-17(13-9-16)21(2,3)4/h6-13H,14H2,1-5H3,(H,23,26)/t22-/m1/s1. The molecule has 1 fully saturated rings. The second-order valence-electron chi connectivity index (χ2n) is 8.26. The quantitative estimate of drug-likeness (QED) is 0.841. The number of aryl methyl sites for hydroxylation is 1. The van der Waals surface area contributed by atoms with E-state index in [0.717, 1.165) is 16.7 Å². The van der Waals surface area contributed by atoms with Gasteiger partial charge in [0.05, 0.1) is 6.54 Å². The van der Waals surface area contributed by atoms with Gasteiger partial charge < -0.3 is 5.32 Å². The Kier molecular flexibility index (Phi) is 4.39. The molecule has 0 aromatic heterocycles. The van der Waals surface area contributed by atoms with Crippen LogP contribution in [0.2, 0.25) is 0 Å². The van der Waals surface area contributed by atoms with Gasteiger partial charge in [0.15, 0.2) is 0 Å². The van der Waals surface area contributed by atoms with E-state index in [1.165, 1.54) is 10.5 Å². The Morgan fingerprint density at radius 1 is 0.962 bits per heavy atom. The maximum Gasteiger partial charge on any atom is 0.325 e. The molecule has 3 rings (SSSR count). The molecule has 0 unspecified atom stereocenters. The molecule has 0 saturated carbocycles. The molecule has 26 heavy (non-hydrogen) atoms. The summed E-state index contributed by atoms with van der Waals surface area (Å²) in [5.41, 5.74) is 3.13. The van der Waals surface area contributed by atoms with Gasteiger partial charge in [-0.15, -0.1) is 0 Å². The SMILES string of the molecule is Cc1ccc([C@@]2(C)NC(=O)N(Cc3ccc(C(C)(C)C)cc3)C2=O)cc1. The number of hydrogen-bond acceptors (Lipinski definition) is 2. The minimum absolute atomic E-state index is 0.0728. The molecule has 0 aliphatic carbocycles. The molecular formula is C22H26N2O2. The predicted octanol–water partition coefficient (Wildman–Crippen LogP) is 4.26. The molecule has 1 atom stereocenters. The lowest BCUT2D eigenvalue weighted by molar-refractivity contribution is -0.131. The van der Waals surface area contributed by atoms with Crippen LogP contribution in [0.4, 0.5) is 4.79 Å². The lowest BCUT2D eigenvalue weighted by Crippen LogP contribution is -2.40. The van der Waals surface area contributed by atoms with Gasteiger partial charge in [0.1, 0.15) is 5.54 Å². The highest BCUT2D eigenvalue weighted by Gasteiger charge is 2.48. The van der Waals surface area contributed by atoms with Crippen molar-refractivity contribution in [3.63, 3.8) is 0 Å². The van der Waals surface area contributed by atoms with Crippen molar-refractivity contribution in [3.05, 3.63) is 70.8 Å². The van der Waals surface area contributed by atoms with Gasteiger partial charge in [0, 0.05) is 0 Å². The monoisotopic (exact) mass is 350 g/mol. The van der Waals surface area contributed by atoms with Crippen LogP contribution >= 0.6 is 0 Å². The summed E-state index contributed by atoms with van der Waals surface area (Å²) in [6, 6.07) is 15.5. The van der Waals surface area contributed by atoms with Crippen LogP contribution in [-0.4, -0.2) is 16.8 Å². The summed E-state index contributed by atoms with van der Waals surface area (Å²) in [4.78, 5) is 26.8. The lowest BCUT2D eigenvalue weighted by Gasteiger charge is -2.23. The van der Waals surface area contributed by atoms with Crippen molar-refractivity contribution in [2.75, 3.05) is 0 Å². The number of carbonyl (C=O) groups excluding carboxylic acids is 2. The van der Waals surface area contributed by atoms with Gasteiger partial charge in [-0.1, -0.05) is 74.9 Å². The molecule has 136 valence electrons. The largest absolute Gasteiger partial charge is 0.325 e. The first-order valence-corrected chi connectivity index (χ1v) is 8.92. The first-order valence-electron chi connectivity index (χ1n) is 8.92. The number of nitrogens with one attached hydrogen (secondary N) is 1. The topological polar surface area (TPSA) is 49.4 Å². The first kappa shape index (κ1) is 18.2. The second kappa shape index (κ2) is 6.27. The van der Waals surface area contributed by atoms with Gasteiger partial charge in [-0.2, -0.15) is 0 Å². The van der Waals surface area contributed by atoms with Gasteiger partial charge >= 0.3 is 6.03 Å². The third kappa shape index (κ3) is 3.24. The van der Waals surface area contributed by atoms with E-state index in [1.54, 1.807) is 6.92 Å². The van der Waals surface area contributed by atoms with Gasteiger partial charge in [-0.05, 0) is 36.0 Å². The lowest BCUT2D eigenvalue weighted by atomic mass is 9.86. The van der Waals surface area contributed by atoms with E-state index < -0.39 is 5.54 Å². The highest BCUT2D eigenvalue weighted by molar-refractivity contribution is 6.07. The van der Waals surface area contributed by atoms with E-state index in [9.17, 15) is 9.59 Å². The zero-order valence-corrected chi connectivity index (χ0v) is 16.1. The Hall–Kier alpha value is -2.62. The van der Waals surface area contributed by atoms with Crippen LogP contribution in [0.15, 0.2) is 48.5 Å². The molecule has 0 bridgehead atoms. The van der Waals surface area contributed by atoms with Gasteiger partial charge in [0.25, 0.3) is 5.91 Å². The van der Waals surface area contributed by atoms with Crippen molar-refractivity contribution in [3.8, 4) is 0 Å². The molecule has 4 heteroatoms. The number of nitrogens with zero attached hydrogens (tertiary/aromatic N) is 1. The van der Waals surface area contributed by atoms with Crippen LogP contribution in [0, 0.1) is 6.92 Å². The van der Waals surface area contributed by atoms with Crippen LogP contribution in [-0.2, 0) is 22.3 Å².